The molecule has 12 heavy (non-hydrogen) atoms. The largest absolute Gasteiger partial charge is 0.386 e. The average molecular weight is 164 g/mol. The highest BCUT2D eigenvalue weighted by Crippen LogP contribution is 2.02. The van der Waals surface area contributed by atoms with Gasteiger partial charge in [0.25, 0.3) is 0 Å². The molecule has 0 aliphatic carbocycles. The molecule has 0 amide bonds. The molecule has 1 heterocycles. The molecule has 0 bridgehead atoms. The van der Waals surface area contributed by atoms with Crippen molar-refractivity contribution in [1.29, 1.82) is 0 Å². The van der Waals surface area contributed by atoms with Gasteiger partial charge in [-0.15, -0.1) is 0 Å². The minimum Gasteiger partial charge on any atom is -0.386 e. The molecule has 0 aromatic heterocycles. The van der Waals surface area contributed by atoms with Crippen molar-refractivity contribution in [2.24, 2.45) is 21.7 Å². The Kier molecular flexibility index (Phi) is 3.07. The lowest BCUT2D eigenvalue weighted by atomic mass is 10.2. The molecule has 0 saturated carbocycles. The first-order chi connectivity index (χ1) is 5.83. The zero-order valence-corrected chi connectivity index (χ0v) is 6.72. The summed E-state index contributed by atoms with van der Waals surface area (Å²) in [6.07, 6.45) is 9.99. The lowest BCUT2D eigenvalue weighted by molar-refractivity contribution is 0.858. The summed E-state index contributed by atoms with van der Waals surface area (Å²) in [6, 6.07) is 0.0623. The van der Waals surface area contributed by atoms with Crippen LogP contribution in [0.5, 0.6) is 0 Å². The predicted octanol–water partition coefficient (Wildman–Crippen LogP) is 0.173. The van der Waals surface area contributed by atoms with Gasteiger partial charge in [0.05, 0.1) is 6.04 Å². The van der Waals surface area contributed by atoms with Crippen LogP contribution in [0.1, 0.15) is 6.42 Å². The molecule has 4 N–H and O–H groups in total. The molecule has 1 unspecified atom stereocenters. The van der Waals surface area contributed by atoms with Crippen LogP contribution in [0.15, 0.2) is 34.4 Å². The summed E-state index contributed by atoms with van der Waals surface area (Å²) in [6.45, 7) is 0. The quantitative estimate of drug-likeness (QED) is 0.264. The molecule has 1 rings (SSSR count). The Morgan fingerprint density at radius 3 is 3.00 bits per heavy atom. The molecule has 0 saturated heterocycles. The van der Waals surface area contributed by atoms with Crippen LogP contribution in [-0.4, -0.2) is 18.1 Å². The maximum Gasteiger partial charge on any atom is 0.121 e. The maximum absolute atomic E-state index is 5.45. The number of nitrogens with two attached hydrogens (primary N) is 2. The lowest BCUT2D eigenvalue weighted by Crippen LogP contribution is -2.19. The highest BCUT2D eigenvalue weighted by atomic mass is 15.2. The highest BCUT2D eigenvalue weighted by Gasteiger charge is 2.03. The van der Waals surface area contributed by atoms with Crippen LogP contribution in [0.4, 0.5) is 0 Å². The van der Waals surface area contributed by atoms with Crippen molar-refractivity contribution in [3.63, 3.8) is 0 Å². The van der Waals surface area contributed by atoms with Gasteiger partial charge in [0.1, 0.15) is 5.84 Å². The number of hydrogen-bond donors (Lipinski definition) is 2. The topological polar surface area (TPSA) is 76.8 Å². The first-order valence-corrected chi connectivity index (χ1v) is 3.72. The van der Waals surface area contributed by atoms with Crippen molar-refractivity contribution in [3.8, 4) is 0 Å². The highest BCUT2D eigenvalue weighted by molar-refractivity contribution is 5.81. The molecule has 1 aliphatic rings. The van der Waals surface area contributed by atoms with Gasteiger partial charge in [-0.05, 0) is 6.08 Å². The van der Waals surface area contributed by atoms with Crippen LogP contribution in [0, 0.1) is 0 Å². The van der Waals surface area contributed by atoms with Crippen molar-refractivity contribution in [1.82, 2.24) is 0 Å². The van der Waals surface area contributed by atoms with Gasteiger partial charge in [-0.2, -0.15) is 5.10 Å². The second kappa shape index (κ2) is 4.33. The molecule has 64 valence electrons. The van der Waals surface area contributed by atoms with E-state index in [0.717, 1.165) is 0 Å². The second-order valence-corrected chi connectivity index (χ2v) is 2.46. The zero-order chi connectivity index (χ0) is 8.81. The van der Waals surface area contributed by atoms with Crippen molar-refractivity contribution in [2.75, 3.05) is 0 Å². The molecule has 0 fully saturated rings. The van der Waals surface area contributed by atoms with Gasteiger partial charge < -0.3 is 11.6 Å². The van der Waals surface area contributed by atoms with Gasteiger partial charge in [-0.25, -0.2) is 0 Å². The van der Waals surface area contributed by atoms with E-state index in [0.29, 0.717) is 12.3 Å². The Morgan fingerprint density at radius 2 is 2.25 bits per heavy atom. The Balaban J connectivity index is 2.53. The van der Waals surface area contributed by atoms with Crippen LogP contribution in [-0.2, 0) is 0 Å². The van der Waals surface area contributed by atoms with Crippen LogP contribution >= 0.6 is 0 Å². The molecule has 0 aromatic carbocycles. The minimum atomic E-state index is 0.0623. The fourth-order valence-corrected chi connectivity index (χ4v) is 0.904. The Hall–Kier alpha value is -1.58. The summed E-state index contributed by atoms with van der Waals surface area (Å²) in [5, 5.41) is 3.38. The second-order valence-electron chi connectivity index (χ2n) is 2.46. The first-order valence-electron chi connectivity index (χ1n) is 3.72. The first kappa shape index (κ1) is 8.52. The summed E-state index contributed by atoms with van der Waals surface area (Å²) >= 11 is 0. The SMILES string of the molecule is NN=C(N)CC1C=CC=CC=N1. The maximum atomic E-state index is 5.45. The molecule has 0 radical (unpaired) electrons. The van der Waals surface area contributed by atoms with E-state index in [1.165, 1.54) is 0 Å². The van der Waals surface area contributed by atoms with Gasteiger partial charge >= 0.3 is 0 Å². The lowest BCUT2D eigenvalue weighted by Gasteiger charge is -2.04. The normalized spacial score (nSPS) is 22.7. The fraction of sp³-hybridized carbons (Fsp3) is 0.250. The smallest absolute Gasteiger partial charge is 0.121 e. The van der Waals surface area contributed by atoms with Gasteiger partial charge in [0.15, 0.2) is 0 Å². The molecule has 4 heteroatoms. The van der Waals surface area contributed by atoms with Gasteiger partial charge in [-0.1, -0.05) is 18.2 Å². The number of aliphatic imine (C=N–C) groups is 1. The van der Waals surface area contributed by atoms with Crippen LogP contribution < -0.4 is 11.6 Å². The number of nitrogens with zero attached hydrogens (tertiary/aromatic N) is 2. The predicted molar refractivity (Wildman–Crippen MR) is 51.0 cm³/mol. The van der Waals surface area contributed by atoms with Crippen LogP contribution in [0.25, 0.3) is 0 Å². The summed E-state index contributed by atoms with van der Waals surface area (Å²) < 4.78 is 0. The summed E-state index contributed by atoms with van der Waals surface area (Å²) in [4.78, 5) is 4.20. The number of amidine groups is 1. The molecule has 0 aromatic rings. The van der Waals surface area contributed by atoms with E-state index in [1.807, 2.05) is 24.3 Å². The van der Waals surface area contributed by atoms with E-state index in [2.05, 4.69) is 10.1 Å². The average Bonchev–Trinajstić information content (AvgIpc) is 2.33. The fourth-order valence-electron chi connectivity index (χ4n) is 0.904. The van der Waals surface area contributed by atoms with E-state index < -0.39 is 0 Å². The van der Waals surface area contributed by atoms with E-state index in [-0.39, 0.29) is 6.04 Å². The summed E-state index contributed by atoms with van der Waals surface area (Å²) in [5.74, 6) is 5.42. The molecule has 4 nitrogen and oxygen atoms in total. The number of hydrazone groups is 1. The summed E-state index contributed by atoms with van der Waals surface area (Å²) in [5.41, 5.74) is 5.45. The Morgan fingerprint density at radius 1 is 1.42 bits per heavy atom. The van der Waals surface area contributed by atoms with Crippen LogP contribution in [0.2, 0.25) is 0 Å². The summed E-state index contributed by atoms with van der Waals surface area (Å²) in [7, 11) is 0. The van der Waals surface area contributed by atoms with Crippen molar-refractivity contribution in [2.45, 2.75) is 12.5 Å². The van der Waals surface area contributed by atoms with E-state index in [4.69, 9.17) is 11.6 Å². The standard InChI is InChI=1S/C8H12N4/c9-8(12-10)6-7-4-2-1-3-5-11-7/h1-5,7H,6,10H2,(H2,9,12). The molecular weight excluding hydrogens is 152 g/mol. The van der Waals surface area contributed by atoms with Crippen molar-refractivity contribution >= 4 is 12.1 Å². The van der Waals surface area contributed by atoms with Gasteiger partial charge in [0, 0.05) is 12.6 Å². The number of hydrogen-bond acceptors (Lipinski definition) is 3. The Bertz CT molecular complexity index is 234. The third-order valence-electron chi connectivity index (χ3n) is 1.50. The third-order valence-corrected chi connectivity index (χ3v) is 1.50. The van der Waals surface area contributed by atoms with Crippen molar-refractivity contribution in [3.05, 3.63) is 24.3 Å². The molecule has 1 aliphatic heterocycles. The molecule has 0 spiro atoms. The van der Waals surface area contributed by atoms with E-state index >= 15 is 0 Å². The van der Waals surface area contributed by atoms with Crippen LogP contribution in [0.3, 0.4) is 0 Å². The molecular formula is C8H12N4. The monoisotopic (exact) mass is 164 g/mol. The van der Waals surface area contributed by atoms with E-state index in [9.17, 15) is 0 Å². The zero-order valence-electron chi connectivity index (χ0n) is 6.72. The number of allylic oxidation sites excluding steroid dienone is 3. The van der Waals surface area contributed by atoms with Gasteiger partial charge in [-0.3, -0.25) is 4.99 Å². The van der Waals surface area contributed by atoms with Crippen molar-refractivity contribution < 1.29 is 0 Å². The minimum absolute atomic E-state index is 0.0623. The number of rotatable bonds is 2. The third kappa shape index (κ3) is 2.57. The Labute approximate surface area is 71.3 Å². The van der Waals surface area contributed by atoms with Gasteiger partial charge in [0.2, 0.25) is 0 Å². The van der Waals surface area contributed by atoms with E-state index in [1.54, 1.807) is 6.21 Å². The molecule has 1 atom stereocenters.